The van der Waals surface area contributed by atoms with Crippen molar-refractivity contribution in [2.24, 2.45) is 23.5 Å². The van der Waals surface area contributed by atoms with Crippen molar-refractivity contribution in [3.8, 4) is 5.75 Å². The second kappa shape index (κ2) is 7.49. The lowest BCUT2D eigenvalue weighted by atomic mass is 9.53. The molecule has 3 aliphatic carbocycles. The van der Waals surface area contributed by atoms with Crippen LogP contribution in [-0.2, 0) is 20.0 Å². The van der Waals surface area contributed by atoms with Crippen LogP contribution in [0.15, 0.2) is 34.9 Å². The Balaban J connectivity index is 2.05. The number of likely N-dealkylation sites (N-methyl/N-ethyl adjacent to an activating group) is 1. The zero-order chi connectivity index (χ0) is 25.5. The van der Waals surface area contributed by atoms with E-state index in [1.165, 1.54) is 19.1 Å². The number of nitrogens with zero attached hydrogens (tertiary/aromatic N) is 1. The third-order valence-corrected chi connectivity index (χ3v) is 7.71. The Hall–Kier alpha value is -3.01. The van der Waals surface area contributed by atoms with Gasteiger partial charge in [-0.1, -0.05) is 26.0 Å². The highest BCUT2D eigenvalue weighted by Crippen LogP contribution is 2.57. The summed E-state index contributed by atoms with van der Waals surface area (Å²) in [5.41, 5.74) is 0.971. The summed E-state index contributed by atoms with van der Waals surface area (Å²) in [5, 5.41) is 44.8. The van der Waals surface area contributed by atoms with Gasteiger partial charge in [0.05, 0.1) is 16.7 Å². The smallest absolute Gasteiger partial charge is 0.252 e. The molecule has 34 heavy (non-hydrogen) atoms. The molecule has 3 aliphatic rings. The molecule has 9 heteroatoms. The third-order valence-electron chi connectivity index (χ3n) is 7.71. The van der Waals surface area contributed by atoms with Crippen LogP contribution < -0.4 is 5.73 Å². The van der Waals surface area contributed by atoms with Crippen LogP contribution in [0.4, 0.5) is 0 Å². The van der Waals surface area contributed by atoms with Crippen molar-refractivity contribution in [3.05, 3.63) is 46.0 Å². The van der Waals surface area contributed by atoms with Crippen LogP contribution in [0.1, 0.15) is 38.3 Å². The zero-order valence-corrected chi connectivity index (χ0v) is 19.8. The molecular weight excluding hydrogens is 440 g/mol. The number of phenols is 1. The fourth-order valence-electron chi connectivity index (χ4n) is 6.23. The average molecular weight is 471 g/mol. The van der Waals surface area contributed by atoms with E-state index in [9.17, 15) is 34.8 Å². The van der Waals surface area contributed by atoms with Crippen LogP contribution in [-0.4, -0.2) is 68.5 Å². The van der Waals surface area contributed by atoms with E-state index in [1.54, 1.807) is 38.9 Å². The number of nitrogens with two attached hydrogens (primary N) is 1. The molecule has 5 atom stereocenters. The molecule has 6 N–H and O–H groups in total. The predicted octanol–water partition coefficient (Wildman–Crippen LogP) is 0.769. The van der Waals surface area contributed by atoms with Gasteiger partial charge in [-0.25, -0.2) is 0 Å². The Kier molecular flexibility index (Phi) is 5.32. The first-order valence-corrected chi connectivity index (χ1v) is 11.2. The van der Waals surface area contributed by atoms with Crippen molar-refractivity contribution in [1.82, 2.24) is 4.90 Å². The number of primary amides is 1. The van der Waals surface area contributed by atoms with Crippen LogP contribution in [0.3, 0.4) is 0 Å². The monoisotopic (exact) mass is 470 g/mol. The lowest BCUT2D eigenvalue weighted by Gasteiger charge is -2.54. The highest BCUT2D eigenvalue weighted by Gasteiger charge is 2.66. The number of aliphatic hydroxyl groups excluding tert-OH is 1. The fourth-order valence-corrected chi connectivity index (χ4v) is 6.23. The Morgan fingerprint density at radius 1 is 1.15 bits per heavy atom. The first-order chi connectivity index (χ1) is 15.7. The van der Waals surface area contributed by atoms with Gasteiger partial charge in [0.1, 0.15) is 11.5 Å². The number of amides is 1. The highest BCUT2D eigenvalue weighted by molar-refractivity contribution is 6.33. The van der Waals surface area contributed by atoms with E-state index in [4.69, 9.17) is 5.73 Å². The molecule has 1 fully saturated rings. The van der Waals surface area contributed by atoms with Crippen LogP contribution in [0.5, 0.6) is 5.75 Å². The van der Waals surface area contributed by atoms with Crippen molar-refractivity contribution in [2.45, 2.75) is 44.4 Å². The maximum absolute atomic E-state index is 13.9. The molecule has 1 saturated carbocycles. The van der Waals surface area contributed by atoms with Crippen molar-refractivity contribution < 1.29 is 34.8 Å². The quantitative estimate of drug-likeness (QED) is 0.320. The van der Waals surface area contributed by atoms with E-state index >= 15 is 0 Å². The number of benzene rings is 1. The molecule has 4 rings (SSSR count). The van der Waals surface area contributed by atoms with Crippen molar-refractivity contribution in [3.63, 3.8) is 0 Å². The summed E-state index contributed by atoms with van der Waals surface area (Å²) in [5.74, 6) is -6.49. The molecule has 0 aromatic heterocycles. The lowest BCUT2D eigenvalue weighted by molar-refractivity contribution is -0.165. The van der Waals surface area contributed by atoms with E-state index in [0.29, 0.717) is 5.57 Å². The number of fused-ring (bicyclic) bond motifs is 3. The molecular formula is C25H30N2O7. The number of carbonyl (C=O) groups excluding carboxylic acids is 3. The Bertz CT molecular complexity index is 1190. The summed E-state index contributed by atoms with van der Waals surface area (Å²) in [4.78, 5) is 41.6. The maximum Gasteiger partial charge on any atom is 0.252 e. The maximum atomic E-state index is 13.9. The standard InChI is InChI=1S/C25H30N2O7/c1-10(2)15-18(23(26)32)22(31)25(34)13(19(15)27(4)5)9-12-17(21(25)30)20(29)16-11(24(12,3)33)7-6-8-14(16)28/h6-8,10,12-13,19,28-29,33-34H,9H2,1-5H3,(H2,26,32). The van der Waals surface area contributed by atoms with E-state index in [-0.39, 0.29) is 34.8 Å². The number of Topliss-reactive ketones (excluding diaryl/α,β-unsaturated/α-hetero) is 2. The second-order valence-electron chi connectivity index (χ2n) is 10.2. The summed E-state index contributed by atoms with van der Waals surface area (Å²) in [6, 6.07) is 3.66. The Morgan fingerprint density at radius 3 is 2.29 bits per heavy atom. The summed E-state index contributed by atoms with van der Waals surface area (Å²) >= 11 is 0. The van der Waals surface area contributed by atoms with Gasteiger partial charge in [-0.3, -0.25) is 14.4 Å². The van der Waals surface area contributed by atoms with Gasteiger partial charge in [0.25, 0.3) is 5.91 Å². The third kappa shape index (κ3) is 2.87. The van der Waals surface area contributed by atoms with Gasteiger partial charge in [-0.05, 0) is 50.6 Å². The van der Waals surface area contributed by atoms with E-state index < -0.39 is 57.9 Å². The lowest BCUT2D eigenvalue weighted by Crippen LogP contribution is -2.68. The van der Waals surface area contributed by atoms with Gasteiger partial charge < -0.3 is 31.1 Å². The molecule has 0 aliphatic heterocycles. The number of aromatic hydroxyl groups is 1. The molecule has 182 valence electrons. The number of rotatable bonds is 3. The molecule has 0 saturated heterocycles. The van der Waals surface area contributed by atoms with E-state index in [0.717, 1.165) is 0 Å². The van der Waals surface area contributed by atoms with E-state index in [1.807, 2.05) is 0 Å². The molecule has 1 aromatic carbocycles. The minimum absolute atomic E-state index is 0.0411. The van der Waals surface area contributed by atoms with Crippen molar-refractivity contribution in [2.75, 3.05) is 14.1 Å². The Labute approximate surface area is 197 Å². The molecule has 0 heterocycles. The van der Waals surface area contributed by atoms with Crippen LogP contribution >= 0.6 is 0 Å². The number of aliphatic hydroxyl groups is 3. The minimum Gasteiger partial charge on any atom is -0.507 e. The van der Waals surface area contributed by atoms with Gasteiger partial charge in [0.15, 0.2) is 5.60 Å². The summed E-state index contributed by atoms with van der Waals surface area (Å²) in [6.45, 7) is 5.07. The topological polar surface area (TPSA) is 161 Å². The molecule has 1 aromatic rings. The zero-order valence-electron chi connectivity index (χ0n) is 19.8. The van der Waals surface area contributed by atoms with Gasteiger partial charge in [-0.2, -0.15) is 0 Å². The fraction of sp³-hybridized carbons (Fsp3) is 0.480. The highest BCUT2D eigenvalue weighted by atomic mass is 16.3. The summed E-state index contributed by atoms with van der Waals surface area (Å²) < 4.78 is 0. The van der Waals surface area contributed by atoms with Gasteiger partial charge in [-0.15, -0.1) is 0 Å². The Morgan fingerprint density at radius 2 is 1.76 bits per heavy atom. The predicted molar refractivity (Wildman–Crippen MR) is 122 cm³/mol. The second-order valence-corrected chi connectivity index (χ2v) is 10.2. The number of phenolic OH excluding ortho intramolecular Hbond substituents is 1. The normalized spacial score (nSPS) is 33.3. The van der Waals surface area contributed by atoms with Gasteiger partial charge >= 0.3 is 0 Å². The van der Waals surface area contributed by atoms with Crippen LogP contribution in [0, 0.1) is 17.8 Å². The average Bonchev–Trinajstić information content (AvgIpc) is 2.73. The minimum atomic E-state index is -2.67. The molecule has 0 radical (unpaired) electrons. The van der Waals surface area contributed by atoms with Crippen LogP contribution in [0.25, 0.3) is 5.76 Å². The van der Waals surface area contributed by atoms with Crippen molar-refractivity contribution >= 4 is 23.2 Å². The summed E-state index contributed by atoms with van der Waals surface area (Å²) in [6.07, 6.45) is -0.0411. The SMILES string of the molecule is CC(C)C1=C(C(N)=O)C(=O)C2(O)C(=O)C3=C(O)c4c(O)cccc4C(C)(O)C3CC2C1N(C)C. The van der Waals surface area contributed by atoms with Gasteiger partial charge in [0.2, 0.25) is 11.6 Å². The van der Waals surface area contributed by atoms with Gasteiger partial charge in [0, 0.05) is 23.5 Å². The van der Waals surface area contributed by atoms with E-state index in [2.05, 4.69) is 0 Å². The first-order valence-electron chi connectivity index (χ1n) is 11.2. The molecule has 0 spiro atoms. The molecule has 5 unspecified atom stereocenters. The molecule has 0 bridgehead atoms. The molecule has 9 nitrogen and oxygen atoms in total. The first kappa shape index (κ1) is 24.1. The van der Waals surface area contributed by atoms with Crippen molar-refractivity contribution in [1.29, 1.82) is 0 Å². The number of carbonyl (C=O) groups is 3. The summed E-state index contributed by atoms with van der Waals surface area (Å²) in [7, 11) is 3.42. The number of hydrogen-bond donors (Lipinski definition) is 5. The largest absolute Gasteiger partial charge is 0.507 e. The van der Waals surface area contributed by atoms with Crippen LogP contribution in [0.2, 0.25) is 0 Å². The number of ketones is 2. The number of hydrogen-bond acceptors (Lipinski definition) is 8. The molecule has 1 amide bonds.